The fourth-order valence-corrected chi connectivity index (χ4v) is 3.64. The van der Waals surface area contributed by atoms with E-state index in [1.165, 1.54) is 18.3 Å². The third kappa shape index (κ3) is 4.23. The number of anilines is 1. The average Bonchev–Trinajstić information content (AvgIpc) is 3.05. The SMILES string of the molecule is CCOc1ccc(-c2nc(C)c(C(=O)Nc3ccccc3C(C)=O)s2)cc1. The van der Waals surface area contributed by atoms with Gasteiger partial charge in [-0.1, -0.05) is 12.1 Å². The minimum Gasteiger partial charge on any atom is -0.494 e. The van der Waals surface area contributed by atoms with Crippen molar-refractivity contribution in [3.63, 3.8) is 0 Å². The molecule has 1 N–H and O–H groups in total. The molecule has 3 rings (SSSR count). The van der Waals surface area contributed by atoms with Gasteiger partial charge in [-0.3, -0.25) is 9.59 Å². The van der Waals surface area contributed by atoms with Crippen LogP contribution in [0.1, 0.15) is 39.6 Å². The van der Waals surface area contributed by atoms with Crippen LogP contribution >= 0.6 is 11.3 Å². The maximum Gasteiger partial charge on any atom is 0.267 e. The first kappa shape index (κ1) is 18.8. The van der Waals surface area contributed by atoms with Gasteiger partial charge >= 0.3 is 0 Å². The Morgan fingerprint density at radius 1 is 1.11 bits per heavy atom. The lowest BCUT2D eigenvalue weighted by Crippen LogP contribution is -2.14. The van der Waals surface area contributed by atoms with Crippen LogP contribution in [0, 0.1) is 6.92 Å². The molecule has 6 heteroatoms. The summed E-state index contributed by atoms with van der Waals surface area (Å²) in [5.41, 5.74) is 2.57. The normalized spacial score (nSPS) is 10.5. The summed E-state index contributed by atoms with van der Waals surface area (Å²) in [6, 6.07) is 14.6. The molecular formula is C21H20N2O3S. The van der Waals surface area contributed by atoms with E-state index >= 15 is 0 Å². The number of hydrogen-bond donors (Lipinski definition) is 1. The average molecular weight is 380 g/mol. The Morgan fingerprint density at radius 3 is 2.48 bits per heavy atom. The monoisotopic (exact) mass is 380 g/mol. The number of para-hydroxylation sites is 1. The minimum absolute atomic E-state index is 0.0954. The van der Waals surface area contributed by atoms with Gasteiger partial charge in [-0.25, -0.2) is 4.98 Å². The molecule has 0 saturated heterocycles. The summed E-state index contributed by atoms with van der Waals surface area (Å²) in [5, 5.41) is 3.59. The van der Waals surface area contributed by atoms with Gasteiger partial charge in [0, 0.05) is 11.1 Å². The molecule has 0 unspecified atom stereocenters. The van der Waals surface area contributed by atoms with Gasteiger partial charge < -0.3 is 10.1 Å². The molecule has 0 atom stereocenters. The lowest BCUT2D eigenvalue weighted by atomic mass is 10.1. The zero-order valence-electron chi connectivity index (χ0n) is 15.4. The molecule has 1 heterocycles. The molecule has 1 aromatic heterocycles. The Bertz CT molecular complexity index is 977. The lowest BCUT2D eigenvalue weighted by Gasteiger charge is -2.08. The summed E-state index contributed by atoms with van der Waals surface area (Å²) in [4.78, 5) is 29.5. The first-order valence-corrected chi connectivity index (χ1v) is 9.43. The number of aromatic nitrogens is 1. The summed E-state index contributed by atoms with van der Waals surface area (Å²) in [7, 11) is 0. The van der Waals surface area contributed by atoms with Crippen LogP contribution in [0.15, 0.2) is 48.5 Å². The topological polar surface area (TPSA) is 68.3 Å². The second kappa shape index (κ2) is 8.14. The number of rotatable bonds is 6. The predicted molar refractivity (Wildman–Crippen MR) is 108 cm³/mol. The highest BCUT2D eigenvalue weighted by molar-refractivity contribution is 7.17. The van der Waals surface area contributed by atoms with Gasteiger partial charge in [-0.2, -0.15) is 0 Å². The summed E-state index contributed by atoms with van der Waals surface area (Å²) in [6.07, 6.45) is 0. The van der Waals surface area contributed by atoms with E-state index in [9.17, 15) is 9.59 Å². The molecule has 3 aromatic rings. The number of carbonyl (C=O) groups excluding carboxylic acids is 2. The van der Waals surface area contributed by atoms with Gasteiger partial charge in [0.2, 0.25) is 0 Å². The van der Waals surface area contributed by atoms with Crippen molar-refractivity contribution in [2.45, 2.75) is 20.8 Å². The number of amides is 1. The molecule has 0 radical (unpaired) electrons. The zero-order valence-corrected chi connectivity index (χ0v) is 16.2. The second-order valence-electron chi connectivity index (χ2n) is 5.95. The number of nitrogens with one attached hydrogen (secondary N) is 1. The largest absolute Gasteiger partial charge is 0.494 e. The van der Waals surface area contributed by atoms with Crippen LogP contribution in [0.2, 0.25) is 0 Å². The van der Waals surface area contributed by atoms with Crippen LogP contribution < -0.4 is 10.1 Å². The quantitative estimate of drug-likeness (QED) is 0.613. The Labute approximate surface area is 162 Å². The molecule has 0 aliphatic carbocycles. The van der Waals surface area contributed by atoms with E-state index < -0.39 is 0 Å². The fourth-order valence-electron chi connectivity index (χ4n) is 2.67. The molecule has 0 bridgehead atoms. The molecule has 1 amide bonds. The van der Waals surface area contributed by atoms with Crippen molar-refractivity contribution in [2.24, 2.45) is 0 Å². The molecule has 0 fully saturated rings. The van der Waals surface area contributed by atoms with E-state index in [0.29, 0.717) is 28.4 Å². The number of hydrogen-bond acceptors (Lipinski definition) is 5. The number of benzene rings is 2. The van der Waals surface area contributed by atoms with Gasteiger partial charge in [0.1, 0.15) is 15.6 Å². The molecule has 138 valence electrons. The van der Waals surface area contributed by atoms with Crippen molar-refractivity contribution in [3.8, 4) is 16.3 Å². The summed E-state index contributed by atoms with van der Waals surface area (Å²) >= 11 is 1.32. The highest BCUT2D eigenvalue weighted by Crippen LogP contribution is 2.30. The molecule has 0 spiro atoms. The number of carbonyl (C=O) groups is 2. The van der Waals surface area contributed by atoms with Gasteiger partial charge in [-0.15, -0.1) is 11.3 Å². The summed E-state index contributed by atoms with van der Waals surface area (Å²) < 4.78 is 5.45. The first-order valence-electron chi connectivity index (χ1n) is 8.61. The Morgan fingerprint density at radius 2 is 1.81 bits per heavy atom. The standard InChI is InChI=1S/C21H20N2O3S/c1-4-26-16-11-9-15(10-12-16)21-22-13(2)19(27-21)20(25)23-18-8-6-5-7-17(18)14(3)24/h5-12H,4H2,1-3H3,(H,23,25). The van der Waals surface area contributed by atoms with E-state index in [2.05, 4.69) is 10.3 Å². The minimum atomic E-state index is -0.268. The van der Waals surface area contributed by atoms with Crippen LogP contribution in [0.4, 0.5) is 5.69 Å². The molecule has 2 aromatic carbocycles. The summed E-state index contributed by atoms with van der Waals surface area (Å²) in [5.74, 6) is 0.436. The van der Waals surface area contributed by atoms with Gasteiger partial charge in [0.15, 0.2) is 5.78 Å². The van der Waals surface area contributed by atoms with Crippen molar-refractivity contribution in [1.82, 2.24) is 4.98 Å². The molecule has 27 heavy (non-hydrogen) atoms. The van der Waals surface area contributed by atoms with E-state index in [0.717, 1.165) is 16.3 Å². The number of ether oxygens (including phenoxy) is 1. The predicted octanol–water partition coefficient (Wildman–Crippen LogP) is 4.97. The van der Waals surface area contributed by atoms with Crippen molar-refractivity contribution in [1.29, 1.82) is 0 Å². The number of nitrogens with zero attached hydrogens (tertiary/aromatic N) is 1. The second-order valence-corrected chi connectivity index (χ2v) is 6.95. The fraction of sp³-hybridized carbons (Fsp3) is 0.190. The van der Waals surface area contributed by atoms with Crippen molar-refractivity contribution in [2.75, 3.05) is 11.9 Å². The molecule has 0 saturated carbocycles. The molecule has 0 aliphatic heterocycles. The first-order chi connectivity index (χ1) is 13.0. The maximum atomic E-state index is 12.7. The van der Waals surface area contributed by atoms with Crippen molar-refractivity contribution < 1.29 is 14.3 Å². The number of thiazole rings is 1. The van der Waals surface area contributed by atoms with E-state index in [1.54, 1.807) is 31.2 Å². The van der Waals surface area contributed by atoms with E-state index in [-0.39, 0.29) is 11.7 Å². The van der Waals surface area contributed by atoms with Gasteiger partial charge in [0.25, 0.3) is 5.91 Å². The molecule has 0 aliphatic rings. The zero-order chi connectivity index (χ0) is 19.4. The van der Waals surface area contributed by atoms with Crippen LogP contribution in [-0.4, -0.2) is 23.3 Å². The lowest BCUT2D eigenvalue weighted by molar-refractivity contribution is 0.101. The maximum absolute atomic E-state index is 12.7. The number of aryl methyl sites for hydroxylation is 1. The van der Waals surface area contributed by atoms with Crippen LogP contribution in [0.3, 0.4) is 0 Å². The van der Waals surface area contributed by atoms with E-state index in [1.807, 2.05) is 31.2 Å². The smallest absolute Gasteiger partial charge is 0.267 e. The highest BCUT2D eigenvalue weighted by Gasteiger charge is 2.18. The van der Waals surface area contributed by atoms with E-state index in [4.69, 9.17) is 4.74 Å². The number of ketones is 1. The van der Waals surface area contributed by atoms with Gasteiger partial charge in [-0.05, 0) is 57.2 Å². The molecule has 5 nitrogen and oxygen atoms in total. The third-order valence-corrected chi connectivity index (χ3v) is 5.17. The Balaban J connectivity index is 1.84. The van der Waals surface area contributed by atoms with Gasteiger partial charge in [0.05, 0.1) is 18.0 Å². The Kier molecular flexibility index (Phi) is 5.66. The molecular weight excluding hydrogens is 360 g/mol. The third-order valence-electron chi connectivity index (χ3n) is 3.97. The number of Topliss-reactive ketones (excluding diaryl/α,β-unsaturated/α-hetero) is 1. The van der Waals surface area contributed by atoms with Crippen LogP contribution in [-0.2, 0) is 0 Å². The summed E-state index contributed by atoms with van der Waals surface area (Å²) in [6.45, 7) is 5.84. The highest BCUT2D eigenvalue weighted by atomic mass is 32.1. The van der Waals surface area contributed by atoms with Crippen molar-refractivity contribution >= 4 is 28.7 Å². The van der Waals surface area contributed by atoms with Crippen LogP contribution in [0.25, 0.3) is 10.6 Å². The van der Waals surface area contributed by atoms with Crippen molar-refractivity contribution in [3.05, 3.63) is 64.7 Å². The van der Waals surface area contributed by atoms with Crippen LogP contribution in [0.5, 0.6) is 5.75 Å². The Hall–Kier alpha value is -2.99.